The summed E-state index contributed by atoms with van der Waals surface area (Å²) in [7, 11) is 0. The maximum absolute atomic E-state index is 9.82. The smallest absolute Gasteiger partial charge is 0.238 e. The Balaban J connectivity index is 1.91. The highest BCUT2D eigenvalue weighted by Gasteiger charge is 2.17. The molecule has 1 unspecified atom stereocenters. The van der Waals surface area contributed by atoms with E-state index in [2.05, 4.69) is 21.5 Å². The lowest BCUT2D eigenvalue weighted by Crippen LogP contribution is -2.11. The standard InChI is InChI=1S/C22H15Cl2N5/c23-16-7-4-13(5-8-16)19(12-25)14-6-9-20-18(11-14)21(28-22(27-20)29-26)15-2-1-3-17(24)10-15/h1-11,19H,26H2,(H,27,28,29). The van der Waals surface area contributed by atoms with E-state index >= 15 is 0 Å². The number of hydrazine groups is 1. The Bertz CT molecular complexity index is 1230. The predicted octanol–water partition coefficient (Wildman–Crippen LogP) is 5.54. The van der Waals surface area contributed by atoms with Crippen LogP contribution < -0.4 is 11.3 Å². The molecule has 1 heterocycles. The SMILES string of the molecule is N#CC(c1ccc(Cl)cc1)c1ccc2nc(NN)nc(-c3cccc(Cl)c3)c2c1. The fourth-order valence-electron chi connectivity index (χ4n) is 3.24. The summed E-state index contributed by atoms with van der Waals surface area (Å²) in [6, 6.07) is 22.7. The first kappa shape index (κ1) is 19.2. The van der Waals surface area contributed by atoms with Gasteiger partial charge in [0.05, 0.1) is 23.2 Å². The third-order valence-corrected chi connectivity index (χ3v) is 5.10. The second-order valence-electron chi connectivity index (χ2n) is 6.44. The highest BCUT2D eigenvalue weighted by atomic mass is 35.5. The number of rotatable bonds is 4. The summed E-state index contributed by atoms with van der Waals surface area (Å²) in [5.74, 6) is 5.40. The molecule has 0 saturated heterocycles. The van der Waals surface area contributed by atoms with Crippen molar-refractivity contribution in [3.63, 3.8) is 0 Å². The molecule has 1 atom stereocenters. The number of halogens is 2. The van der Waals surface area contributed by atoms with Gasteiger partial charge in [0.1, 0.15) is 0 Å². The van der Waals surface area contributed by atoms with E-state index in [1.165, 1.54) is 0 Å². The second-order valence-corrected chi connectivity index (χ2v) is 7.31. The molecule has 3 N–H and O–H groups in total. The van der Waals surface area contributed by atoms with Gasteiger partial charge < -0.3 is 0 Å². The molecule has 3 aromatic carbocycles. The average molecular weight is 420 g/mol. The largest absolute Gasteiger partial charge is 0.292 e. The van der Waals surface area contributed by atoms with Gasteiger partial charge in [-0.1, -0.05) is 53.5 Å². The molecular weight excluding hydrogens is 405 g/mol. The molecule has 0 aliphatic carbocycles. The number of nitriles is 1. The van der Waals surface area contributed by atoms with Gasteiger partial charge in [-0.05, 0) is 47.5 Å². The summed E-state index contributed by atoms with van der Waals surface area (Å²) in [4.78, 5) is 8.97. The monoisotopic (exact) mass is 419 g/mol. The van der Waals surface area contributed by atoms with Crippen molar-refractivity contribution in [2.24, 2.45) is 5.84 Å². The molecule has 4 aromatic rings. The summed E-state index contributed by atoms with van der Waals surface area (Å²) in [5.41, 5.74) is 6.42. The van der Waals surface area contributed by atoms with Gasteiger partial charge in [0.15, 0.2) is 0 Å². The van der Waals surface area contributed by atoms with Crippen LogP contribution in [0.2, 0.25) is 10.0 Å². The van der Waals surface area contributed by atoms with E-state index < -0.39 is 5.92 Å². The fourth-order valence-corrected chi connectivity index (χ4v) is 3.56. The first-order valence-electron chi connectivity index (χ1n) is 8.78. The van der Waals surface area contributed by atoms with Gasteiger partial charge >= 0.3 is 0 Å². The Morgan fingerprint density at radius 2 is 1.66 bits per heavy atom. The minimum absolute atomic E-state index is 0.301. The van der Waals surface area contributed by atoms with Gasteiger partial charge in [-0.15, -0.1) is 0 Å². The number of nitrogens with one attached hydrogen (secondary N) is 1. The Hall–Kier alpha value is -3.17. The zero-order chi connectivity index (χ0) is 20.4. The van der Waals surface area contributed by atoms with E-state index in [4.69, 9.17) is 29.0 Å². The minimum atomic E-state index is -0.448. The molecular formula is C22H15Cl2N5. The molecule has 0 spiro atoms. The molecule has 0 aliphatic heterocycles. The summed E-state index contributed by atoms with van der Waals surface area (Å²) in [6.45, 7) is 0. The number of nitrogens with zero attached hydrogens (tertiary/aromatic N) is 3. The Morgan fingerprint density at radius 3 is 2.34 bits per heavy atom. The number of nitrogens with two attached hydrogens (primary N) is 1. The van der Waals surface area contributed by atoms with E-state index in [1.54, 1.807) is 18.2 Å². The van der Waals surface area contributed by atoms with E-state index in [1.807, 2.05) is 48.5 Å². The van der Waals surface area contributed by atoms with E-state index in [0.29, 0.717) is 27.2 Å². The summed E-state index contributed by atoms with van der Waals surface area (Å²) < 4.78 is 0. The van der Waals surface area contributed by atoms with Crippen LogP contribution in [0, 0.1) is 11.3 Å². The predicted molar refractivity (Wildman–Crippen MR) is 117 cm³/mol. The normalized spacial score (nSPS) is 11.8. The van der Waals surface area contributed by atoms with Crippen LogP contribution in [0.5, 0.6) is 0 Å². The van der Waals surface area contributed by atoms with E-state index in [0.717, 1.165) is 22.1 Å². The van der Waals surface area contributed by atoms with E-state index in [9.17, 15) is 5.26 Å². The molecule has 29 heavy (non-hydrogen) atoms. The lowest BCUT2D eigenvalue weighted by Gasteiger charge is -2.14. The van der Waals surface area contributed by atoms with Gasteiger partial charge in [-0.3, -0.25) is 5.43 Å². The molecule has 4 rings (SSSR count). The molecule has 0 aliphatic rings. The maximum atomic E-state index is 9.82. The maximum Gasteiger partial charge on any atom is 0.238 e. The van der Waals surface area contributed by atoms with Crippen LogP contribution in [0.1, 0.15) is 17.0 Å². The zero-order valence-electron chi connectivity index (χ0n) is 15.1. The van der Waals surface area contributed by atoms with E-state index in [-0.39, 0.29) is 0 Å². The number of benzene rings is 3. The summed E-state index contributed by atoms with van der Waals surface area (Å²) in [6.07, 6.45) is 0. The van der Waals surface area contributed by atoms with Gasteiger partial charge in [0.25, 0.3) is 0 Å². The number of hydrogen-bond donors (Lipinski definition) is 2. The van der Waals surface area contributed by atoms with Crippen molar-refractivity contribution < 1.29 is 0 Å². The topological polar surface area (TPSA) is 87.6 Å². The zero-order valence-corrected chi connectivity index (χ0v) is 16.6. The highest BCUT2D eigenvalue weighted by Crippen LogP contribution is 2.33. The number of fused-ring (bicyclic) bond motifs is 1. The van der Waals surface area contributed by atoms with Crippen LogP contribution in [0.3, 0.4) is 0 Å². The lowest BCUT2D eigenvalue weighted by molar-refractivity contribution is 1.04. The molecule has 5 nitrogen and oxygen atoms in total. The first-order valence-corrected chi connectivity index (χ1v) is 9.54. The summed E-state index contributed by atoms with van der Waals surface area (Å²) >= 11 is 12.2. The van der Waals surface area contributed by atoms with Crippen LogP contribution in [-0.4, -0.2) is 9.97 Å². The Morgan fingerprint density at radius 1 is 0.897 bits per heavy atom. The molecule has 0 amide bonds. The molecule has 1 aromatic heterocycles. The van der Waals surface area contributed by atoms with Crippen LogP contribution in [0.25, 0.3) is 22.2 Å². The van der Waals surface area contributed by atoms with Crippen molar-refractivity contribution in [3.05, 3.63) is 87.9 Å². The van der Waals surface area contributed by atoms with Gasteiger partial charge in [-0.25, -0.2) is 15.8 Å². The summed E-state index contributed by atoms with van der Waals surface area (Å²) in [5, 5.41) is 11.9. The van der Waals surface area contributed by atoms with Crippen molar-refractivity contribution in [1.29, 1.82) is 5.26 Å². The third kappa shape index (κ3) is 3.87. The first-order chi connectivity index (χ1) is 14.1. The Kier molecular flexibility index (Phi) is 5.32. The number of hydrogen-bond acceptors (Lipinski definition) is 5. The Labute approximate surface area is 177 Å². The fraction of sp³-hybridized carbons (Fsp3) is 0.0455. The van der Waals surface area contributed by atoms with Crippen LogP contribution in [-0.2, 0) is 0 Å². The number of aromatic nitrogens is 2. The minimum Gasteiger partial charge on any atom is -0.292 e. The van der Waals surface area contributed by atoms with Crippen molar-refractivity contribution in [3.8, 4) is 17.3 Å². The van der Waals surface area contributed by atoms with Crippen LogP contribution >= 0.6 is 23.2 Å². The molecule has 0 bridgehead atoms. The molecule has 7 heteroatoms. The number of anilines is 1. The lowest BCUT2D eigenvalue weighted by atomic mass is 9.91. The van der Waals surface area contributed by atoms with Gasteiger partial charge in [0.2, 0.25) is 5.95 Å². The van der Waals surface area contributed by atoms with Crippen molar-refractivity contribution >= 4 is 40.1 Å². The molecule has 0 saturated carbocycles. The second kappa shape index (κ2) is 8.06. The van der Waals surface area contributed by atoms with Crippen LogP contribution in [0.15, 0.2) is 66.7 Å². The molecule has 0 radical (unpaired) electrons. The van der Waals surface area contributed by atoms with Crippen molar-refractivity contribution in [2.75, 3.05) is 5.43 Å². The number of nitrogen functional groups attached to an aromatic ring is 1. The molecule has 142 valence electrons. The van der Waals surface area contributed by atoms with Crippen LogP contribution in [0.4, 0.5) is 5.95 Å². The van der Waals surface area contributed by atoms with Gasteiger partial charge in [0, 0.05) is 21.0 Å². The van der Waals surface area contributed by atoms with Gasteiger partial charge in [-0.2, -0.15) is 5.26 Å². The quantitative estimate of drug-likeness (QED) is 0.334. The third-order valence-electron chi connectivity index (χ3n) is 4.61. The highest BCUT2D eigenvalue weighted by molar-refractivity contribution is 6.31. The van der Waals surface area contributed by atoms with Crippen molar-refractivity contribution in [1.82, 2.24) is 9.97 Å². The average Bonchev–Trinajstić information content (AvgIpc) is 2.74. The van der Waals surface area contributed by atoms with Crippen molar-refractivity contribution in [2.45, 2.75) is 5.92 Å². The molecule has 0 fully saturated rings.